The zero-order valence-electron chi connectivity index (χ0n) is 13.7. The predicted molar refractivity (Wildman–Crippen MR) is 85.3 cm³/mol. The van der Waals surface area contributed by atoms with E-state index in [2.05, 4.69) is 10.5 Å². The van der Waals surface area contributed by atoms with E-state index in [0.29, 0.717) is 23.6 Å². The normalized spacial score (nSPS) is 11.8. The predicted octanol–water partition coefficient (Wildman–Crippen LogP) is 3.17. The molecule has 6 heteroatoms. The number of anilines is 1. The molecule has 1 aromatic heterocycles. The number of carbonyl (C=O) groups is 2. The molecule has 0 bridgehead atoms. The number of amides is 1. The lowest BCUT2D eigenvalue weighted by atomic mass is 10.1. The second-order valence-electron chi connectivity index (χ2n) is 5.41. The van der Waals surface area contributed by atoms with Crippen LogP contribution in [0, 0.1) is 20.8 Å². The average Bonchev–Trinajstić information content (AvgIpc) is 2.92. The molecule has 1 aromatic carbocycles. The van der Waals surface area contributed by atoms with Gasteiger partial charge in [0.1, 0.15) is 5.76 Å². The van der Waals surface area contributed by atoms with Gasteiger partial charge in [-0.2, -0.15) is 0 Å². The highest BCUT2D eigenvalue weighted by molar-refractivity contribution is 5.97. The summed E-state index contributed by atoms with van der Waals surface area (Å²) in [6.45, 7) is 7.38. The lowest BCUT2D eigenvalue weighted by Gasteiger charge is -2.15. The number of aromatic nitrogens is 1. The van der Waals surface area contributed by atoms with Crippen molar-refractivity contribution >= 4 is 17.7 Å². The molecule has 1 atom stereocenters. The summed E-state index contributed by atoms with van der Waals surface area (Å²) in [5.74, 6) is -0.0712. The zero-order valence-corrected chi connectivity index (χ0v) is 13.7. The van der Waals surface area contributed by atoms with Crippen LogP contribution in [-0.2, 0) is 9.53 Å². The summed E-state index contributed by atoms with van der Waals surface area (Å²) in [5, 5.41) is 6.25. The van der Waals surface area contributed by atoms with Gasteiger partial charge in [-0.05, 0) is 50.5 Å². The van der Waals surface area contributed by atoms with Gasteiger partial charge in [0.2, 0.25) is 0 Å². The van der Waals surface area contributed by atoms with Crippen LogP contribution in [0.15, 0.2) is 28.8 Å². The maximum atomic E-state index is 12.2. The van der Waals surface area contributed by atoms with Gasteiger partial charge < -0.3 is 14.6 Å². The van der Waals surface area contributed by atoms with Gasteiger partial charge >= 0.3 is 5.97 Å². The molecule has 2 rings (SSSR count). The lowest BCUT2D eigenvalue weighted by Crippen LogP contribution is -2.32. The molecule has 1 heterocycles. The second-order valence-corrected chi connectivity index (χ2v) is 5.41. The number of hydrogen-bond donors (Lipinski definition) is 1. The average molecular weight is 316 g/mol. The number of nitrogens with zero attached hydrogens (tertiary/aromatic N) is 1. The van der Waals surface area contributed by atoms with Crippen LogP contribution in [0.2, 0.25) is 0 Å². The fourth-order valence-electron chi connectivity index (χ4n) is 2.02. The van der Waals surface area contributed by atoms with Crippen LogP contribution in [0.3, 0.4) is 0 Å². The fourth-order valence-corrected chi connectivity index (χ4v) is 2.02. The van der Waals surface area contributed by atoms with Crippen LogP contribution < -0.4 is 5.32 Å². The monoisotopic (exact) mass is 316 g/mol. The SMILES string of the molecule is CC[C@H](OC(=O)c1ccc(C)c(C)c1)C(=O)Nc1cc(C)on1. The van der Waals surface area contributed by atoms with E-state index in [1.54, 1.807) is 32.0 Å². The van der Waals surface area contributed by atoms with Crippen LogP contribution in [0.5, 0.6) is 0 Å². The highest BCUT2D eigenvalue weighted by atomic mass is 16.5. The van der Waals surface area contributed by atoms with Crippen molar-refractivity contribution in [3.63, 3.8) is 0 Å². The zero-order chi connectivity index (χ0) is 17.0. The third-order valence-corrected chi connectivity index (χ3v) is 3.53. The first-order valence-electron chi connectivity index (χ1n) is 7.43. The van der Waals surface area contributed by atoms with E-state index in [1.165, 1.54) is 0 Å². The molecule has 23 heavy (non-hydrogen) atoms. The molecular formula is C17H20N2O4. The molecule has 2 aromatic rings. The van der Waals surface area contributed by atoms with Crippen molar-refractivity contribution in [2.45, 2.75) is 40.2 Å². The molecule has 0 unspecified atom stereocenters. The third-order valence-electron chi connectivity index (χ3n) is 3.53. The standard InChI is InChI=1S/C17H20N2O4/c1-5-14(16(20)18-15-9-12(4)23-19-15)22-17(21)13-7-6-10(2)11(3)8-13/h6-9,14H,5H2,1-4H3,(H,18,19,20)/t14-/m0/s1. The number of aryl methyl sites for hydroxylation is 3. The van der Waals surface area contributed by atoms with Gasteiger partial charge in [-0.3, -0.25) is 4.79 Å². The third kappa shape index (κ3) is 4.18. The minimum absolute atomic E-state index is 0.299. The Labute approximate surface area is 134 Å². The summed E-state index contributed by atoms with van der Waals surface area (Å²) in [7, 11) is 0. The first-order valence-corrected chi connectivity index (χ1v) is 7.43. The Hall–Kier alpha value is -2.63. The van der Waals surface area contributed by atoms with Crippen molar-refractivity contribution in [2.24, 2.45) is 0 Å². The first-order chi connectivity index (χ1) is 10.9. The molecule has 122 valence electrons. The number of esters is 1. The van der Waals surface area contributed by atoms with Crippen molar-refractivity contribution < 1.29 is 18.8 Å². The number of nitrogens with one attached hydrogen (secondary N) is 1. The van der Waals surface area contributed by atoms with Gasteiger partial charge in [0.05, 0.1) is 5.56 Å². The Balaban J connectivity index is 2.04. The van der Waals surface area contributed by atoms with Crippen LogP contribution in [0.1, 0.15) is 40.6 Å². The molecule has 0 saturated heterocycles. The molecule has 0 aliphatic carbocycles. The van der Waals surface area contributed by atoms with E-state index >= 15 is 0 Å². The van der Waals surface area contributed by atoms with Gasteiger partial charge in [-0.15, -0.1) is 0 Å². The van der Waals surface area contributed by atoms with Crippen molar-refractivity contribution in [3.8, 4) is 0 Å². The summed E-state index contributed by atoms with van der Waals surface area (Å²) in [6, 6.07) is 6.89. The van der Waals surface area contributed by atoms with E-state index in [1.807, 2.05) is 19.9 Å². The smallest absolute Gasteiger partial charge is 0.338 e. The molecule has 1 amide bonds. The van der Waals surface area contributed by atoms with Gasteiger partial charge in [0, 0.05) is 6.07 Å². The molecule has 0 spiro atoms. The Morgan fingerprint density at radius 2 is 1.96 bits per heavy atom. The minimum atomic E-state index is -0.888. The minimum Gasteiger partial charge on any atom is -0.449 e. The second kappa shape index (κ2) is 7.09. The van der Waals surface area contributed by atoms with Crippen LogP contribution in [0.4, 0.5) is 5.82 Å². The van der Waals surface area contributed by atoms with Crippen molar-refractivity contribution in [2.75, 3.05) is 5.32 Å². The highest BCUT2D eigenvalue weighted by Crippen LogP contribution is 2.14. The maximum absolute atomic E-state index is 12.2. The Morgan fingerprint density at radius 3 is 2.52 bits per heavy atom. The number of hydrogen-bond acceptors (Lipinski definition) is 5. The van der Waals surface area contributed by atoms with E-state index < -0.39 is 18.0 Å². The maximum Gasteiger partial charge on any atom is 0.338 e. The molecule has 0 aliphatic heterocycles. The number of benzene rings is 1. The van der Waals surface area contributed by atoms with E-state index in [9.17, 15) is 9.59 Å². The first kappa shape index (κ1) is 16.7. The van der Waals surface area contributed by atoms with Gasteiger partial charge in [0.15, 0.2) is 11.9 Å². The number of ether oxygens (including phenoxy) is 1. The van der Waals surface area contributed by atoms with Crippen LogP contribution >= 0.6 is 0 Å². The fraction of sp³-hybridized carbons (Fsp3) is 0.353. The Bertz CT molecular complexity index is 721. The van der Waals surface area contributed by atoms with Gasteiger partial charge in [0.25, 0.3) is 5.91 Å². The highest BCUT2D eigenvalue weighted by Gasteiger charge is 2.23. The van der Waals surface area contributed by atoms with E-state index in [0.717, 1.165) is 11.1 Å². The number of rotatable bonds is 5. The summed E-state index contributed by atoms with van der Waals surface area (Å²) in [6.07, 6.45) is -0.527. The van der Waals surface area contributed by atoms with Crippen molar-refractivity contribution in [1.82, 2.24) is 5.16 Å². The van der Waals surface area contributed by atoms with Crippen LogP contribution in [0.25, 0.3) is 0 Å². The van der Waals surface area contributed by atoms with Gasteiger partial charge in [-0.1, -0.05) is 18.1 Å². The molecular weight excluding hydrogens is 296 g/mol. The molecule has 6 nitrogen and oxygen atoms in total. The Morgan fingerprint density at radius 1 is 1.22 bits per heavy atom. The molecule has 0 aliphatic rings. The van der Waals surface area contributed by atoms with Gasteiger partial charge in [-0.25, -0.2) is 4.79 Å². The van der Waals surface area contributed by atoms with Crippen LogP contribution in [-0.4, -0.2) is 23.1 Å². The Kier molecular flexibility index (Phi) is 5.16. The summed E-state index contributed by atoms with van der Waals surface area (Å²) < 4.78 is 10.2. The van der Waals surface area contributed by atoms with Crippen molar-refractivity contribution in [1.29, 1.82) is 0 Å². The summed E-state index contributed by atoms with van der Waals surface area (Å²) >= 11 is 0. The molecule has 1 N–H and O–H groups in total. The van der Waals surface area contributed by atoms with Crippen molar-refractivity contribution in [3.05, 3.63) is 46.7 Å². The quantitative estimate of drug-likeness (QED) is 0.857. The summed E-state index contributed by atoms with van der Waals surface area (Å²) in [5.41, 5.74) is 2.51. The lowest BCUT2D eigenvalue weighted by molar-refractivity contribution is -0.124. The summed E-state index contributed by atoms with van der Waals surface area (Å²) in [4.78, 5) is 24.4. The largest absolute Gasteiger partial charge is 0.449 e. The molecule has 0 saturated carbocycles. The topological polar surface area (TPSA) is 81.4 Å². The molecule has 0 fully saturated rings. The number of carbonyl (C=O) groups excluding carboxylic acids is 2. The van der Waals surface area contributed by atoms with E-state index in [4.69, 9.17) is 9.26 Å². The molecule has 0 radical (unpaired) electrons. The van der Waals surface area contributed by atoms with E-state index in [-0.39, 0.29) is 0 Å².